The molecule has 26 heavy (non-hydrogen) atoms. The molecule has 0 spiro atoms. The maximum atomic E-state index is 12.8. The zero-order valence-corrected chi connectivity index (χ0v) is 15.4. The molecule has 0 aliphatic rings. The van der Waals surface area contributed by atoms with Gasteiger partial charge in [-0.05, 0) is 44.0 Å². The van der Waals surface area contributed by atoms with E-state index in [0.717, 1.165) is 27.7 Å². The van der Waals surface area contributed by atoms with Crippen LogP contribution in [0.25, 0.3) is 11.0 Å². The summed E-state index contributed by atoms with van der Waals surface area (Å²) in [5, 5.41) is 3.74. The molecule has 5 nitrogen and oxygen atoms in total. The fraction of sp³-hybridized carbons (Fsp3) is 0.238. The van der Waals surface area contributed by atoms with Gasteiger partial charge in [0.1, 0.15) is 5.58 Å². The summed E-state index contributed by atoms with van der Waals surface area (Å²) in [7, 11) is 1.60. The molecule has 0 fully saturated rings. The van der Waals surface area contributed by atoms with Gasteiger partial charge in [-0.2, -0.15) is 0 Å². The van der Waals surface area contributed by atoms with E-state index in [1.807, 2.05) is 51.1 Å². The molecule has 0 radical (unpaired) electrons. The van der Waals surface area contributed by atoms with Gasteiger partial charge in [-0.3, -0.25) is 9.59 Å². The summed E-state index contributed by atoms with van der Waals surface area (Å²) in [6.07, 6.45) is 0. The smallest absolute Gasteiger partial charge is 0.290 e. The van der Waals surface area contributed by atoms with Crippen molar-refractivity contribution in [1.82, 2.24) is 4.90 Å². The summed E-state index contributed by atoms with van der Waals surface area (Å²) < 4.78 is 5.87. The van der Waals surface area contributed by atoms with Crippen LogP contribution in [0, 0.1) is 20.8 Å². The van der Waals surface area contributed by atoms with E-state index < -0.39 is 0 Å². The number of benzene rings is 2. The summed E-state index contributed by atoms with van der Waals surface area (Å²) in [5.41, 5.74) is 4.28. The van der Waals surface area contributed by atoms with Crippen LogP contribution >= 0.6 is 0 Å². The van der Waals surface area contributed by atoms with Crippen LogP contribution in [0.1, 0.15) is 27.2 Å². The topological polar surface area (TPSA) is 62.6 Å². The van der Waals surface area contributed by atoms with Gasteiger partial charge in [-0.15, -0.1) is 0 Å². The Kier molecular flexibility index (Phi) is 4.80. The number of likely N-dealkylation sites (N-methyl/N-ethyl adjacent to an activating group) is 1. The van der Waals surface area contributed by atoms with Crippen molar-refractivity contribution in [1.29, 1.82) is 0 Å². The SMILES string of the molecule is Cc1ccc(C)c2c(C)c(C(=O)N(C)CC(=O)Nc3ccccc3)oc12. The third kappa shape index (κ3) is 3.33. The number of fused-ring (bicyclic) bond motifs is 1. The van der Waals surface area contributed by atoms with Crippen molar-refractivity contribution in [2.75, 3.05) is 18.9 Å². The highest BCUT2D eigenvalue weighted by atomic mass is 16.3. The van der Waals surface area contributed by atoms with E-state index in [1.54, 1.807) is 19.2 Å². The quantitative estimate of drug-likeness (QED) is 0.771. The van der Waals surface area contributed by atoms with E-state index in [9.17, 15) is 9.59 Å². The number of carbonyl (C=O) groups is 2. The van der Waals surface area contributed by atoms with Crippen molar-refractivity contribution in [2.24, 2.45) is 0 Å². The van der Waals surface area contributed by atoms with E-state index in [0.29, 0.717) is 5.69 Å². The maximum Gasteiger partial charge on any atom is 0.290 e. The predicted octanol–water partition coefficient (Wildman–Crippen LogP) is 4.07. The Morgan fingerprint density at radius 3 is 2.31 bits per heavy atom. The summed E-state index contributed by atoms with van der Waals surface area (Å²) in [6, 6.07) is 13.2. The first-order valence-electron chi connectivity index (χ1n) is 8.48. The van der Waals surface area contributed by atoms with Crippen molar-refractivity contribution in [3.63, 3.8) is 0 Å². The first kappa shape index (κ1) is 17.7. The molecule has 0 saturated heterocycles. The van der Waals surface area contributed by atoms with Crippen LogP contribution in [-0.2, 0) is 4.79 Å². The molecule has 3 aromatic rings. The third-order valence-electron chi connectivity index (χ3n) is 4.46. The molecule has 1 heterocycles. The van der Waals surface area contributed by atoms with Gasteiger partial charge in [0.2, 0.25) is 5.91 Å². The Balaban J connectivity index is 1.79. The largest absolute Gasteiger partial charge is 0.450 e. The average Bonchev–Trinajstić information content (AvgIpc) is 2.97. The van der Waals surface area contributed by atoms with Crippen LogP contribution in [0.3, 0.4) is 0 Å². The fourth-order valence-corrected chi connectivity index (χ4v) is 3.06. The number of anilines is 1. The number of para-hydroxylation sites is 1. The van der Waals surface area contributed by atoms with Crippen molar-refractivity contribution < 1.29 is 14.0 Å². The van der Waals surface area contributed by atoms with Crippen molar-refractivity contribution >= 4 is 28.5 Å². The van der Waals surface area contributed by atoms with Gasteiger partial charge in [0, 0.05) is 23.7 Å². The summed E-state index contributed by atoms with van der Waals surface area (Å²) in [4.78, 5) is 26.4. The number of furan rings is 1. The minimum atomic E-state index is -0.305. The summed E-state index contributed by atoms with van der Waals surface area (Å²) in [5.74, 6) is -0.277. The summed E-state index contributed by atoms with van der Waals surface area (Å²) in [6.45, 7) is 5.77. The van der Waals surface area contributed by atoms with Gasteiger partial charge in [-0.25, -0.2) is 0 Å². The molecule has 2 amide bonds. The van der Waals surface area contributed by atoms with Crippen LogP contribution < -0.4 is 5.32 Å². The lowest BCUT2D eigenvalue weighted by atomic mass is 10.0. The Morgan fingerprint density at radius 1 is 1.00 bits per heavy atom. The monoisotopic (exact) mass is 350 g/mol. The Bertz CT molecular complexity index is 974. The molecule has 0 atom stereocenters. The average molecular weight is 350 g/mol. The van der Waals surface area contributed by atoms with Gasteiger partial charge < -0.3 is 14.6 Å². The molecule has 1 N–H and O–H groups in total. The standard InChI is InChI=1S/C21H22N2O3/c1-13-10-11-14(2)19-18(13)15(3)20(26-19)21(25)23(4)12-17(24)22-16-8-6-5-7-9-16/h5-11H,12H2,1-4H3,(H,22,24). The molecule has 0 aliphatic carbocycles. The van der Waals surface area contributed by atoms with Crippen molar-refractivity contribution in [3.8, 4) is 0 Å². The molecule has 0 aliphatic heterocycles. The molecule has 2 aromatic carbocycles. The minimum Gasteiger partial charge on any atom is -0.450 e. The highest BCUT2D eigenvalue weighted by Gasteiger charge is 2.23. The third-order valence-corrected chi connectivity index (χ3v) is 4.46. The van der Waals surface area contributed by atoms with E-state index in [2.05, 4.69) is 5.32 Å². The molecule has 1 aromatic heterocycles. The second kappa shape index (κ2) is 7.04. The number of amides is 2. The Labute approximate surface area is 152 Å². The first-order valence-corrected chi connectivity index (χ1v) is 8.48. The molecule has 0 saturated carbocycles. The van der Waals surface area contributed by atoms with Crippen LogP contribution in [-0.4, -0.2) is 30.3 Å². The number of carbonyl (C=O) groups excluding carboxylic acids is 2. The minimum absolute atomic E-state index is 0.0534. The Morgan fingerprint density at radius 2 is 1.65 bits per heavy atom. The molecule has 5 heteroatoms. The second-order valence-electron chi connectivity index (χ2n) is 6.54. The van der Waals surface area contributed by atoms with E-state index >= 15 is 0 Å². The number of hydrogen-bond acceptors (Lipinski definition) is 3. The number of hydrogen-bond donors (Lipinski definition) is 1. The number of nitrogens with zero attached hydrogens (tertiary/aromatic N) is 1. The first-order chi connectivity index (χ1) is 12.4. The number of aryl methyl sites for hydroxylation is 3. The fourth-order valence-electron chi connectivity index (χ4n) is 3.06. The zero-order chi connectivity index (χ0) is 18.8. The lowest BCUT2D eigenvalue weighted by Crippen LogP contribution is -2.35. The van der Waals surface area contributed by atoms with E-state index in [-0.39, 0.29) is 24.1 Å². The molecular weight excluding hydrogens is 328 g/mol. The van der Waals surface area contributed by atoms with Crippen molar-refractivity contribution in [3.05, 3.63) is 64.9 Å². The molecular formula is C21H22N2O3. The van der Waals surface area contributed by atoms with Gasteiger partial charge in [-0.1, -0.05) is 30.3 Å². The molecule has 0 unspecified atom stereocenters. The summed E-state index contributed by atoms with van der Waals surface area (Å²) >= 11 is 0. The lowest BCUT2D eigenvalue weighted by molar-refractivity contribution is -0.116. The van der Waals surface area contributed by atoms with Crippen LogP contribution in [0.15, 0.2) is 46.9 Å². The van der Waals surface area contributed by atoms with Crippen LogP contribution in [0.5, 0.6) is 0 Å². The maximum absolute atomic E-state index is 12.8. The lowest BCUT2D eigenvalue weighted by Gasteiger charge is -2.16. The van der Waals surface area contributed by atoms with Gasteiger partial charge in [0.25, 0.3) is 5.91 Å². The molecule has 3 rings (SSSR count). The normalized spacial score (nSPS) is 10.8. The number of rotatable bonds is 4. The number of nitrogens with one attached hydrogen (secondary N) is 1. The van der Waals surface area contributed by atoms with Gasteiger partial charge in [0.15, 0.2) is 5.76 Å². The predicted molar refractivity (Wildman–Crippen MR) is 102 cm³/mol. The molecule has 0 bridgehead atoms. The zero-order valence-electron chi connectivity index (χ0n) is 15.4. The van der Waals surface area contributed by atoms with E-state index in [1.165, 1.54) is 4.90 Å². The highest BCUT2D eigenvalue weighted by molar-refractivity contribution is 6.02. The second-order valence-corrected chi connectivity index (χ2v) is 6.54. The van der Waals surface area contributed by atoms with Crippen LogP contribution in [0.2, 0.25) is 0 Å². The van der Waals surface area contributed by atoms with Gasteiger partial charge in [0.05, 0.1) is 6.54 Å². The van der Waals surface area contributed by atoms with E-state index in [4.69, 9.17) is 4.42 Å². The van der Waals surface area contributed by atoms with Crippen molar-refractivity contribution in [2.45, 2.75) is 20.8 Å². The highest BCUT2D eigenvalue weighted by Crippen LogP contribution is 2.31. The van der Waals surface area contributed by atoms with Gasteiger partial charge >= 0.3 is 0 Å². The molecule has 134 valence electrons. The van der Waals surface area contributed by atoms with Crippen LogP contribution in [0.4, 0.5) is 5.69 Å². The Hall–Kier alpha value is -3.08.